The number of hydrogen-bond donors (Lipinski definition) is 2. The highest BCUT2D eigenvalue weighted by molar-refractivity contribution is 5.88. The van der Waals surface area contributed by atoms with E-state index in [9.17, 15) is 15.0 Å². The zero-order valence-electron chi connectivity index (χ0n) is 13.9. The molecule has 3 heteroatoms. The fourth-order valence-electron chi connectivity index (χ4n) is 3.89. The summed E-state index contributed by atoms with van der Waals surface area (Å²) in [6, 6.07) is 0. The van der Waals surface area contributed by atoms with Crippen molar-refractivity contribution in [3.8, 4) is 0 Å². The molecule has 2 saturated carbocycles. The van der Waals surface area contributed by atoms with Crippen LogP contribution in [0.3, 0.4) is 0 Å². The van der Waals surface area contributed by atoms with Crippen LogP contribution >= 0.6 is 0 Å². The highest BCUT2D eigenvalue weighted by atomic mass is 16.3. The van der Waals surface area contributed by atoms with Crippen LogP contribution in [0.4, 0.5) is 0 Å². The third-order valence-corrected chi connectivity index (χ3v) is 5.45. The molecule has 2 fully saturated rings. The van der Waals surface area contributed by atoms with Gasteiger partial charge in [-0.05, 0) is 12.8 Å². The van der Waals surface area contributed by atoms with Gasteiger partial charge in [0, 0.05) is 24.2 Å². The van der Waals surface area contributed by atoms with E-state index in [4.69, 9.17) is 0 Å². The molecule has 0 saturated heterocycles. The van der Waals surface area contributed by atoms with Crippen LogP contribution in [-0.4, -0.2) is 28.2 Å². The zero-order valence-corrected chi connectivity index (χ0v) is 13.9. The molecule has 5 atom stereocenters. The van der Waals surface area contributed by atoms with Crippen molar-refractivity contribution < 1.29 is 15.0 Å². The smallest absolute Gasteiger partial charge is 0.136 e. The number of fused-ring (bicyclic) bond motifs is 1. The van der Waals surface area contributed by atoms with Crippen LogP contribution in [0.1, 0.15) is 71.1 Å². The number of unbranched alkanes of at least 4 members (excludes halogenated alkanes) is 6. The number of aliphatic hydroxyl groups excluding tert-OH is 2. The average molecular weight is 308 g/mol. The van der Waals surface area contributed by atoms with E-state index in [1.807, 2.05) is 12.2 Å². The van der Waals surface area contributed by atoms with Crippen molar-refractivity contribution in [2.45, 2.75) is 83.3 Å². The normalized spacial score (nSPS) is 32.2. The predicted molar refractivity (Wildman–Crippen MR) is 88.5 cm³/mol. The second-order valence-corrected chi connectivity index (χ2v) is 7.19. The van der Waals surface area contributed by atoms with E-state index in [1.165, 1.54) is 38.5 Å². The van der Waals surface area contributed by atoms with E-state index in [-0.39, 0.29) is 23.9 Å². The molecular formula is C19H32O3. The molecule has 2 rings (SSSR count). The van der Waals surface area contributed by atoms with Crippen LogP contribution in [-0.2, 0) is 4.79 Å². The Hall–Kier alpha value is -0.670. The van der Waals surface area contributed by atoms with Gasteiger partial charge in [0.2, 0.25) is 0 Å². The number of carbonyl (C=O) groups excluding carboxylic acids is 1. The molecule has 0 spiro atoms. The number of aliphatic hydroxyl groups is 2. The van der Waals surface area contributed by atoms with Crippen molar-refractivity contribution in [1.82, 2.24) is 0 Å². The maximum atomic E-state index is 11.4. The second kappa shape index (κ2) is 8.83. The summed E-state index contributed by atoms with van der Waals surface area (Å²) in [4.78, 5) is 11.4. The first kappa shape index (κ1) is 17.7. The summed E-state index contributed by atoms with van der Waals surface area (Å²) < 4.78 is 0. The Morgan fingerprint density at radius 1 is 1.18 bits per heavy atom. The molecular weight excluding hydrogens is 276 g/mol. The summed E-state index contributed by atoms with van der Waals surface area (Å²) in [5.41, 5.74) is 0. The van der Waals surface area contributed by atoms with E-state index in [0.717, 1.165) is 19.3 Å². The van der Waals surface area contributed by atoms with E-state index < -0.39 is 6.10 Å². The van der Waals surface area contributed by atoms with Crippen LogP contribution < -0.4 is 0 Å². The first-order valence-electron chi connectivity index (χ1n) is 9.20. The van der Waals surface area contributed by atoms with Crippen molar-refractivity contribution in [2.75, 3.05) is 0 Å². The van der Waals surface area contributed by atoms with Crippen LogP contribution in [0.15, 0.2) is 12.2 Å². The molecule has 126 valence electrons. The number of hydrogen-bond acceptors (Lipinski definition) is 3. The Morgan fingerprint density at radius 3 is 2.50 bits per heavy atom. The maximum Gasteiger partial charge on any atom is 0.136 e. The van der Waals surface area contributed by atoms with Crippen LogP contribution in [0.5, 0.6) is 0 Å². The Balaban J connectivity index is 1.57. The predicted octanol–water partition coefficient (Wildman–Crippen LogP) is 3.63. The van der Waals surface area contributed by atoms with Gasteiger partial charge in [0.05, 0.1) is 12.2 Å². The molecule has 0 aromatic heterocycles. The topological polar surface area (TPSA) is 57.5 Å². The minimum atomic E-state index is -0.406. The molecule has 0 aliphatic heterocycles. The Morgan fingerprint density at radius 2 is 1.86 bits per heavy atom. The van der Waals surface area contributed by atoms with Crippen LogP contribution in [0.2, 0.25) is 0 Å². The molecule has 0 heterocycles. The largest absolute Gasteiger partial charge is 0.392 e. The summed E-state index contributed by atoms with van der Waals surface area (Å²) >= 11 is 0. The minimum Gasteiger partial charge on any atom is -0.392 e. The molecule has 0 amide bonds. The van der Waals surface area contributed by atoms with E-state index in [2.05, 4.69) is 6.92 Å². The number of rotatable bonds is 10. The lowest BCUT2D eigenvalue weighted by atomic mass is 9.74. The van der Waals surface area contributed by atoms with Crippen molar-refractivity contribution in [1.29, 1.82) is 0 Å². The highest BCUT2D eigenvalue weighted by Crippen LogP contribution is 2.47. The van der Waals surface area contributed by atoms with E-state index in [1.54, 1.807) is 0 Å². The summed E-state index contributed by atoms with van der Waals surface area (Å²) in [5, 5.41) is 20.1. The highest BCUT2D eigenvalue weighted by Gasteiger charge is 2.51. The van der Waals surface area contributed by atoms with Gasteiger partial charge in [0.25, 0.3) is 0 Å². The molecule has 2 aliphatic rings. The average Bonchev–Trinajstić information content (AvgIpc) is 2.75. The summed E-state index contributed by atoms with van der Waals surface area (Å²) in [6.07, 6.45) is 13.9. The number of ketones is 1. The molecule has 3 nitrogen and oxygen atoms in total. The third kappa shape index (κ3) is 4.66. The van der Waals surface area contributed by atoms with Gasteiger partial charge in [-0.1, -0.05) is 64.0 Å². The SMILES string of the molecule is CCCCCCCCCC(O)C=CC1C[C@@H]2C(=O)C[C@H]2C1O. The third-order valence-electron chi connectivity index (χ3n) is 5.45. The molecule has 22 heavy (non-hydrogen) atoms. The monoisotopic (exact) mass is 308 g/mol. The zero-order chi connectivity index (χ0) is 15.9. The van der Waals surface area contributed by atoms with Gasteiger partial charge in [-0.25, -0.2) is 0 Å². The summed E-state index contributed by atoms with van der Waals surface area (Å²) in [5.74, 6) is 0.640. The number of Topliss-reactive ketones (excluding diaryl/α,β-unsaturated/α-hetero) is 1. The van der Waals surface area contributed by atoms with Crippen molar-refractivity contribution >= 4 is 5.78 Å². The Kier molecular flexibility index (Phi) is 7.10. The lowest BCUT2D eigenvalue weighted by Crippen LogP contribution is -2.38. The van der Waals surface area contributed by atoms with Crippen LogP contribution in [0.25, 0.3) is 0 Å². The van der Waals surface area contributed by atoms with Gasteiger partial charge in [0.15, 0.2) is 0 Å². The van der Waals surface area contributed by atoms with Gasteiger partial charge in [-0.3, -0.25) is 4.79 Å². The fourth-order valence-corrected chi connectivity index (χ4v) is 3.89. The number of carbonyl (C=O) groups is 1. The quantitative estimate of drug-likeness (QED) is 0.478. The van der Waals surface area contributed by atoms with Gasteiger partial charge >= 0.3 is 0 Å². The molecule has 0 radical (unpaired) electrons. The van der Waals surface area contributed by atoms with Gasteiger partial charge in [0.1, 0.15) is 5.78 Å². The fraction of sp³-hybridized carbons (Fsp3) is 0.842. The molecule has 0 aromatic carbocycles. The van der Waals surface area contributed by atoms with Crippen molar-refractivity contribution in [3.63, 3.8) is 0 Å². The molecule has 2 N–H and O–H groups in total. The van der Waals surface area contributed by atoms with Gasteiger partial charge in [-0.15, -0.1) is 0 Å². The minimum absolute atomic E-state index is 0.0603. The molecule has 3 unspecified atom stereocenters. The maximum absolute atomic E-state index is 11.4. The first-order valence-corrected chi connectivity index (χ1v) is 9.20. The Labute approximate surface area is 134 Å². The standard InChI is InChI=1S/C19H32O3/c1-2-3-4-5-6-7-8-9-15(20)11-10-14-12-16-17(19(14)22)13-18(16)21/h10-11,14-17,19-20,22H,2-9,12-13H2,1H3/t14?,15?,16-,17+,19?/m0/s1. The lowest BCUT2D eigenvalue weighted by molar-refractivity contribution is -0.135. The second-order valence-electron chi connectivity index (χ2n) is 7.19. The van der Waals surface area contributed by atoms with Crippen LogP contribution in [0, 0.1) is 17.8 Å². The summed E-state index contributed by atoms with van der Waals surface area (Å²) in [6.45, 7) is 2.23. The van der Waals surface area contributed by atoms with Crippen molar-refractivity contribution in [2.24, 2.45) is 17.8 Å². The summed E-state index contributed by atoms with van der Waals surface area (Å²) in [7, 11) is 0. The van der Waals surface area contributed by atoms with Gasteiger partial charge in [-0.2, -0.15) is 0 Å². The molecule has 0 aromatic rings. The first-order chi connectivity index (χ1) is 10.6. The molecule has 0 bridgehead atoms. The lowest BCUT2D eigenvalue weighted by Gasteiger charge is -2.30. The van der Waals surface area contributed by atoms with E-state index in [0.29, 0.717) is 12.2 Å². The van der Waals surface area contributed by atoms with Crippen molar-refractivity contribution in [3.05, 3.63) is 12.2 Å². The van der Waals surface area contributed by atoms with E-state index >= 15 is 0 Å². The van der Waals surface area contributed by atoms with Gasteiger partial charge < -0.3 is 10.2 Å². The Bertz CT molecular complexity index is 377. The molecule has 2 aliphatic carbocycles.